The lowest BCUT2D eigenvalue weighted by atomic mass is 10.1. The van der Waals surface area contributed by atoms with Gasteiger partial charge in [-0.15, -0.1) is 0 Å². The first-order valence-electron chi connectivity index (χ1n) is 9.69. The molecule has 0 radical (unpaired) electrons. The van der Waals surface area contributed by atoms with Crippen LogP contribution in [0.25, 0.3) is 22.7 Å². The normalized spacial score (nSPS) is 12.0. The molecule has 31 heavy (non-hydrogen) atoms. The summed E-state index contributed by atoms with van der Waals surface area (Å²) in [5.74, 6) is 0.519. The Balaban J connectivity index is 1.63. The van der Waals surface area contributed by atoms with Gasteiger partial charge in [-0.1, -0.05) is 12.1 Å². The van der Waals surface area contributed by atoms with Gasteiger partial charge in [0.15, 0.2) is 6.10 Å². The van der Waals surface area contributed by atoms with E-state index in [4.69, 9.17) is 19.0 Å². The fourth-order valence-corrected chi connectivity index (χ4v) is 3.16. The van der Waals surface area contributed by atoms with E-state index in [1.54, 1.807) is 6.20 Å². The zero-order valence-corrected chi connectivity index (χ0v) is 17.5. The maximum atomic E-state index is 11.1. The summed E-state index contributed by atoms with van der Waals surface area (Å²) in [6.45, 7) is 7.15. The molecule has 0 spiro atoms. The number of hydrogen-bond donors (Lipinski definition) is 1. The molecule has 1 N–H and O–H groups in total. The first-order chi connectivity index (χ1) is 14.8. The third-order valence-electron chi connectivity index (χ3n) is 4.68. The van der Waals surface area contributed by atoms with Gasteiger partial charge in [-0.2, -0.15) is 4.98 Å². The van der Waals surface area contributed by atoms with E-state index in [1.165, 1.54) is 6.92 Å². The highest BCUT2D eigenvalue weighted by atomic mass is 16.5. The molecule has 8 nitrogen and oxygen atoms in total. The molecule has 0 bridgehead atoms. The van der Waals surface area contributed by atoms with Crippen LogP contribution in [0.2, 0.25) is 0 Å². The van der Waals surface area contributed by atoms with E-state index < -0.39 is 12.1 Å². The SMILES string of the molecule is Cc1cccc(Oc2ncc3nc(-c4cc(C)c(OC(C)C(=O)O)c(C)c4)oc3n2)c1. The van der Waals surface area contributed by atoms with Crippen LogP contribution in [-0.4, -0.2) is 32.1 Å². The van der Waals surface area contributed by atoms with Gasteiger partial charge in [-0.3, -0.25) is 0 Å². The lowest BCUT2D eigenvalue weighted by molar-refractivity contribution is -0.144. The van der Waals surface area contributed by atoms with Crippen LogP contribution in [0.15, 0.2) is 47.0 Å². The summed E-state index contributed by atoms with van der Waals surface area (Å²) in [4.78, 5) is 24.1. The first-order valence-corrected chi connectivity index (χ1v) is 9.69. The minimum absolute atomic E-state index is 0.166. The molecule has 0 aliphatic heterocycles. The summed E-state index contributed by atoms with van der Waals surface area (Å²) in [5.41, 5.74) is 4.16. The topological polar surface area (TPSA) is 108 Å². The average molecular weight is 419 g/mol. The number of fused-ring (bicyclic) bond motifs is 1. The number of carboxylic acids is 1. The number of carbonyl (C=O) groups is 1. The second-order valence-electron chi connectivity index (χ2n) is 7.32. The zero-order valence-electron chi connectivity index (χ0n) is 17.5. The lowest BCUT2D eigenvalue weighted by Gasteiger charge is -2.16. The van der Waals surface area contributed by atoms with Crippen LogP contribution in [0.5, 0.6) is 17.5 Å². The molecule has 0 amide bonds. The van der Waals surface area contributed by atoms with Crippen molar-refractivity contribution in [2.24, 2.45) is 0 Å². The van der Waals surface area contributed by atoms with E-state index >= 15 is 0 Å². The predicted octanol–water partition coefficient (Wildman–Crippen LogP) is 4.85. The number of oxazole rings is 1. The molecule has 2 aromatic carbocycles. The van der Waals surface area contributed by atoms with Gasteiger partial charge in [0.25, 0.3) is 5.71 Å². The summed E-state index contributed by atoms with van der Waals surface area (Å²) in [5, 5.41) is 9.09. The number of aliphatic carboxylic acids is 1. The first kappa shape index (κ1) is 20.3. The van der Waals surface area contributed by atoms with Crippen LogP contribution < -0.4 is 9.47 Å². The Kier molecular flexibility index (Phi) is 5.29. The number of carboxylic acid groups (broad SMARTS) is 1. The molecule has 158 valence electrons. The van der Waals surface area contributed by atoms with Crippen LogP contribution in [0.3, 0.4) is 0 Å². The Hall–Kier alpha value is -3.94. The highest BCUT2D eigenvalue weighted by Crippen LogP contribution is 2.32. The van der Waals surface area contributed by atoms with Crippen LogP contribution in [0.4, 0.5) is 0 Å². The van der Waals surface area contributed by atoms with Crippen LogP contribution in [-0.2, 0) is 4.79 Å². The molecule has 1 unspecified atom stereocenters. The summed E-state index contributed by atoms with van der Waals surface area (Å²) in [7, 11) is 0. The number of hydrogen-bond acceptors (Lipinski definition) is 7. The highest BCUT2D eigenvalue weighted by Gasteiger charge is 2.18. The number of aromatic nitrogens is 3. The minimum Gasteiger partial charge on any atom is -0.479 e. The largest absolute Gasteiger partial charge is 0.479 e. The molecule has 1 atom stereocenters. The third-order valence-corrected chi connectivity index (χ3v) is 4.68. The monoisotopic (exact) mass is 419 g/mol. The van der Waals surface area contributed by atoms with E-state index in [0.29, 0.717) is 28.6 Å². The van der Waals surface area contributed by atoms with Gasteiger partial charge in [-0.05, 0) is 68.7 Å². The van der Waals surface area contributed by atoms with Crippen molar-refractivity contribution < 1.29 is 23.8 Å². The van der Waals surface area contributed by atoms with Gasteiger partial charge in [0.2, 0.25) is 5.89 Å². The molecule has 2 aromatic heterocycles. The Labute approximate surface area is 178 Å². The number of aryl methyl sites for hydroxylation is 3. The molecule has 8 heteroatoms. The van der Waals surface area contributed by atoms with Gasteiger partial charge >= 0.3 is 12.0 Å². The highest BCUT2D eigenvalue weighted by molar-refractivity contribution is 5.74. The number of rotatable bonds is 6. The molecule has 2 heterocycles. The molecular weight excluding hydrogens is 398 g/mol. The predicted molar refractivity (Wildman–Crippen MR) is 113 cm³/mol. The lowest BCUT2D eigenvalue weighted by Crippen LogP contribution is -2.23. The van der Waals surface area contributed by atoms with E-state index in [2.05, 4.69) is 15.0 Å². The molecule has 0 saturated heterocycles. The quantitative estimate of drug-likeness (QED) is 0.472. The van der Waals surface area contributed by atoms with Gasteiger partial charge in [0.1, 0.15) is 17.0 Å². The average Bonchev–Trinajstić information content (AvgIpc) is 3.14. The van der Waals surface area contributed by atoms with Crippen molar-refractivity contribution in [3.05, 3.63) is 59.3 Å². The van der Waals surface area contributed by atoms with E-state index in [9.17, 15) is 4.79 Å². The summed E-state index contributed by atoms with van der Waals surface area (Å²) < 4.78 is 17.1. The molecule has 0 aliphatic carbocycles. The van der Waals surface area contributed by atoms with Crippen LogP contribution in [0, 0.1) is 20.8 Å². The standard InChI is InChI=1S/C23H21N3O5/c1-12-6-5-7-17(8-12)30-23-24-11-18-21(26-23)31-20(25-18)16-9-13(2)19(14(3)10-16)29-15(4)22(27)28/h5-11,15H,1-4H3,(H,27,28). The molecular formula is C23H21N3O5. The number of benzene rings is 2. The second kappa shape index (κ2) is 8.06. The van der Waals surface area contributed by atoms with Crippen molar-refractivity contribution in [1.82, 2.24) is 15.0 Å². The smallest absolute Gasteiger partial charge is 0.344 e. The minimum atomic E-state index is -1.02. The van der Waals surface area contributed by atoms with Gasteiger partial charge in [-0.25, -0.2) is 14.8 Å². The third kappa shape index (κ3) is 4.32. The van der Waals surface area contributed by atoms with Gasteiger partial charge in [0, 0.05) is 5.56 Å². The Morgan fingerprint density at radius 3 is 2.52 bits per heavy atom. The second-order valence-corrected chi connectivity index (χ2v) is 7.32. The zero-order chi connectivity index (χ0) is 22.1. The van der Waals surface area contributed by atoms with Crippen molar-refractivity contribution >= 4 is 17.2 Å². The Morgan fingerprint density at radius 2 is 1.84 bits per heavy atom. The maximum Gasteiger partial charge on any atom is 0.344 e. The number of ether oxygens (including phenoxy) is 2. The van der Waals surface area contributed by atoms with E-state index in [-0.39, 0.29) is 6.01 Å². The summed E-state index contributed by atoms with van der Waals surface area (Å²) >= 11 is 0. The summed E-state index contributed by atoms with van der Waals surface area (Å²) in [6.07, 6.45) is 0.598. The number of nitrogens with zero attached hydrogens (tertiary/aromatic N) is 3. The van der Waals surface area contributed by atoms with Crippen molar-refractivity contribution in [2.75, 3.05) is 0 Å². The fraction of sp³-hybridized carbons (Fsp3) is 0.217. The molecule has 4 aromatic rings. The van der Waals surface area contributed by atoms with Gasteiger partial charge < -0.3 is 19.0 Å². The maximum absolute atomic E-state index is 11.1. The molecule has 0 saturated carbocycles. The summed E-state index contributed by atoms with van der Waals surface area (Å²) in [6, 6.07) is 11.4. The fourth-order valence-electron chi connectivity index (χ4n) is 3.16. The molecule has 0 fully saturated rings. The van der Waals surface area contributed by atoms with E-state index in [1.807, 2.05) is 57.2 Å². The van der Waals surface area contributed by atoms with Crippen molar-refractivity contribution in [2.45, 2.75) is 33.8 Å². The Bertz CT molecular complexity index is 1260. The van der Waals surface area contributed by atoms with Crippen molar-refractivity contribution in [3.8, 4) is 29.0 Å². The van der Waals surface area contributed by atoms with Gasteiger partial charge in [0.05, 0.1) is 6.20 Å². The molecule has 0 aliphatic rings. The molecule has 4 rings (SSSR count). The van der Waals surface area contributed by atoms with E-state index in [0.717, 1.165) is 22.3 Å². The Morgan fingerprint density at radius 1 is 1.10 bits per heavy atom. The van der Waals surface area contributed by atoms with Crippen LogP contribution in [0.1, 0.15) is 23.6 Å². The van der Waals surface area contributed by atoms with Crippen molar-refractivity contribution in [1.29, 1.82) is 0 Å². The van der Waals surface area contributed by atoms with Crippen LogP contribution >= 0.6 is 0 Å². The van der Waals surface area contributed by atoms with Crippen molar-refractivity contribution in [3.63, 3.8) is 0 Å².